The summed E-state index contributed by atoms with van der Waals surface area (Å²) in [6, 6.07) is 1.53. The smallest absolute Gasteiger partial charge is 0.269 e. The first-order chi connectivity index (χ1) is 8.70. The Balaban J connectivity index is 2.13. The average Bonchev–Trinajstić information content (AvgIpc) is 2.42. The number of carbonyl (C=O) groups is 1. The fourth-order valence-corrected chi connectivity index (χ4v) is 1.82. The van der Waals surface area contributed by atoms with Gasteiger partial charge in [-0.15, -0.1) is 0 Å². The van der Waals surface area contributed by atoms with Crippen molar-refractivity contribution in [3.8, 4) is 0 Å². The number of rotatable bonds is 4. The molecule has 18 heavy (non-hydrogen) atoms. The number of morpholine rings is 1. The number of hydrogen-bond donors (Lipinski definition) is 0. The number of Topliss-reactive ketones (excluding diaryl/α,β-unsaturated/α-hetero) is 1. The van der Waals surface area contributed by atoms with Crippen LogP contribution in [0.3, 0.4) is 0 Å². The van der Waals surface area contributed by atoms with Crippen molar-refractivity contribution in [1.29, 1.82) is 0 Å². The number of hydrogen-bond acceptors (Lipinski definition) is 5. The SMILES string of the molecule is CCC(=O)Cn1ncc(N2CCOCC2)cc1=O. The summed E-state index contributed by atoms with van der Waals surface area (Å²) in [6.07, 6.45) is 2.05. The Morgan fingerprint density at radius 1 is 1.44 bits per heavy atom. The van der Waals surface area contributed by atoms with Gasteiger partial charge in [0.15, 0.2) is 5.78 Å². The fourth-order valence-electron chi connectivity index (χ4n) is 1.82. The Bertz CT molecular complexity index is 478. The average molecular weight is 251 g/mol. The third-order valence-corrected chi connectivity index (χ3v) is 2.95. The molecular weight excluding hydrogens is 234 g/mol. The van der Waals surface area contributed by atoms with Crippen molar-refractivity contribution in [2.24, 2.45) is 0 Å². The summed E-state index contributed by atoms with van der Waals surface area (Å²) in [7, 11) is 0. The molecule has 0 radical (unpaired) electrons. The molecule has 6 heteroatoms. The lowest BCUT2D eigenvalue weighted by Gasteiger charge is -2.28. The van der Waals surface area contributed by atoms with Crippen LogP contribution >= 0.6 is 0 Å². The number of ether oxygens (including phenoxy) is 1. The van der Waals surface area contributed by atoms with Gasteiger partial charge in [-0.25, -0.2) is 4.68 Å². The highest BCUT2D eigenvalue weighted by Crippen LogP contribution is 2.11. The Kier molecular flexibility index (Phi) is 4.09. The first-order valence-electron chi connectivity index (χ1n) is 6.12. The lowest BCUT2D eigenvalue weighted by atomic mass is 10.3. The summed E-state index contributed by atoms with van der Waals surface area (Å²) >= 11 is 0. The van der Waals surface area contributed by atoms with E-state index in [1.54, 1.807) is 13.1 Å². The molecule has 0 amide bonds. The fraction of sp³-hybridized carbons (Fsp3) is 0.583. The first-order valence-corrected chi connectivity index (χ1v) is 6.12. The van der Waals surface area contributed by atoms with E-state index in [9.17, 15) is 9.59 Å². The summed E-state index contributed by atoms with van der Waals surface area (Å²) in [4.78, 5) is 25.2. The molecule has 6 nitrogen and oxygen atoms in total. The second-order valence-electron chi connectivity index (χ2n) is 4.20. The number of ketones is 1. The summed E-state index contributed by atoms with van der Waals surface area (Å²) in [5.74, 6) is 0.00345. The molecule has 1 aromatic rings. The van der Waals surface area contributed by atoms with E-state index in [2.05, 4.69) is 10.00 Å². The lowest BCUT2D eigenvalue weighted by Crippen LogP contribution is -2.37. The van der Waals surface area contributed by atoms with Gasteiger partial charge in [0.25, 0.3) is 5.56 Å². The Morgan fingerprint density at radius 2 is 2.17 bits per heavy atom. The van der Waals surface area contributed by atoms with Gasteiger partial charge in [0.2, 0.25) is 0 Å². The van der Waals surface area contributed by atoms with E-state index in [1.807, 2.05) is 0 Å². The van der Waals surface area contributed by atoms with E-state index in [-0.39, 0.29) is 17.9 Å². The van der Waals surface area contributed by atoms with E-state index in [0.29, 0.717) is 19.6 Å². The third kappa shape index (κ3) is 2.95. The summed E-state index contributed by atoms with van der Waals surface area (Å²) in [5, 5.41) is 4.04. The van der Waals surface area contributed by atoms with Crippen molar-refractivity contribution in [2.75, 3.05) is 31.2 Å². The zero-order valence-electron chi connectivity index (χ0n) is 10.5. The van der Waals surface area contributed by atoms with Crippen molar-refractivity contribution < 1.29 is 9.53 Å². The molecule has 1 saturated heterocycles. The highest BCUT2D eigenvalue weighted by atomic mass is 16.5. The molecule has 0 unspecified atom stereocenters. The van der Waals surface area contributed by atoms with Gasteiger partial charge in [-0.2, -0.15) is 5.10 Å². The second-order valence-corrected chi connectivity index (χ2v) is 4.20. The molecule has 1 fully saturated rings. The Morgan fingerprint density at radius 3 is 2.78 bits per heavy atom. The van der Waals surface area contributed by atoms with Crippen LogP contribution in [-0.2, 0) is 16.1 Å². The molecule has 1 aliphatic rings. The van der Waals surface area contributed by atoms with Gasteiger partial charge in [0.1, 0.15) is 6.54 Å². The Labute approximate surface area is 105 Å². The summed E-state index contributed by atoms with van der Waals surface area (Å²) < 4.78 is 6.46. The van der Waals surface area contributed by atoms with Gasteiger partial charge in [-0.1, -0.05) is 6.92 Å². The van der Waals surface area contributed by atoms with Crippen molar-refractivity contribution in [3.63, 3.8) is 0 Å². The zero-order chi connectivity index (χ0) is 13.0. The predicted molar refractivity (Wildman–Crippen MR) is 66.8 cm³/mol. The van der Waals surface area contributed by atoms with Gasteiger partial charge < -0.3 is 9.64 Å². The molecule has 2 heterocycles. The van der Waals surface area contributed by atoms with Crippen molar-refractivity contribution in [2.45, 2.75) is 19.9 Å². The van der Waals surface area contributed by atoms with Gasteiger partial charge in [0.05, 0.1) is 25.1 Å². The van der Waals surface area contributed by atoms with Crippen LogP contribution in [0, 0.1) is 0 Å². The van der Waals surface area contributed by atoms with Gasteiger partial charge in [0, 0.05) is 25.6 Å². The molecule has 0 aromatic carbocycles. The van der Waals surface area contributed by atoms with Gasteiger partial charge in [-0.05, 0) is 0 Å². The van der Waals surface area contributed by atoms with Crippen LogP contribution in [0.1, 0.15) is 13.3 Å². The first kappa shape index (κ1) is 12.8. The number of anilines is 1. The number of aromatic nitrogens is 2. The van der Waals surface area contributed by atoms with E-state index in [1.165, 1.54) is 10.7 Å². The maximum absolute atomic E-state index is 11.8. The minimum Gasteiger partial charge on any atom is -0.378 e. The second kappa shape index (κ2) is 5.77. The van der Waals surface area contributed by atoms with Crippen molar-refractivity contribution in [3.05, 3.63) is 22.6 Å². The zero-order valence-corrected chi connectivity index (χ0v) is 10.5. The molecule has 1 aliphatic heterocycles. The predicted octanol–water partition coefficient (Wildman–Crippen LogP) is 0.0590. The van der Waals surface area contributed by atoms with Gasteiger partial charge >= 0.3 is 0 Å². The maximum Gasteiger partial charge on any atom is 0.269 e. The molecule has 0 bridgehead atoms. The van der Waals surface area contributed by atoms with Gasteiger partial charge in [-0.3, -0.25) is 9.59 Å². The molecule has 0 N–H and O–H groups in total. The van der Waals surface area contributed by atoms with E-state index < -0.39 is 0 Å². The topological polar surface area (TPSA) is 64.4 Å². The third-order valence-electron chi connectivity index (χ3n) is 2.95. The monoisotopic (exact) mass is 251 g/mol. The largest absolute Gasteiger partial charge is 0.378 e. The van der Waals surface area contributed by atoms with E-state index in [4.69, 9.17) is 4.74 Å². The number of nitrogens with zero attached hydrogens (tertiary/aromatic N) is 3. The van der Waals surface area contributed by atoms with E-state index in [0.717, 1.165) is 18.8 Å². The minimum atomic E-state index is -0.235. The molecule has 1 aromatic heterocycles. The highest BCUT2D eigenvalue weighted by Gasteiger charge is 2.13. The molecule has 98 valence electrons. The number of carbonyl (C=O) groups excluding carboxylic acids is 1. The highest BCUT2D eigenvalue weighted by molar-refractivity contribution is 5.77. The Hall–Kier alpha value is -1.69. The van der Waals surface area contributed by atoms with Crippen LogP contribution in [-0.4, -0.2) is 41.9 Å². The maximum atomic E-state index is 11.8. The van der Waals surface area contributed by atoms with Crippen LogP contribution in [0.2, 0.25) is 0 Å². The standard InChI is InChI=1S/C12H17N3O3/c1-2-11(16)9-15-12(17)7-10(8-13-15)14-3-5-18-6-4-14/h7-8H,2-6,9H2,1H3. The van der Waals surface area contributed by atoms with Crippen molar-refractivity contribution in [1.82, 2.24) is 9.78 Å². The van der Waals surface area contributed by atoms with E-state index >= 15 is 0 Å². The molecule has 2 rings (SSSR count). The quantitative estimate of drug-likeness (QED) is 0.757. The molecule has 0 saturated carbocycles. The normalized spacial score (nSPS) is 15.7. The minimum absolute atomic E-state index is 0.00345. The summed E-state index contributed by atoms with van der Waals surface area (Å²) in [6.45, 7) is 4.68. The van der Waals surface area contributed by atoms with Crippen LogP contribution in [0.15, 0.2) is 17.1 Å². The lowest BCUT2D eigenvalue weighted by molar-refractivity contribution is -0.119. The van der Waals surface area contributed by atoms with Crippen LogP contribution < -0.4 is 10.5 Å². The van der Waals surface area contributed by atoms with Crippen LogP contribution in [0.5, 0.6) is 0 Å². The molecule has 0 atom stereocenters. The van der Waals surface area contributed by atoms with Crippen molar-refractivity contribution >= 4 is 11.5 Å². The molecule has 0 aliphatic carbocycles. The molecular formula is C12H17N3O3. The molecule has 0 spiro atoms. The summed E-state index contributed by atoms with van der Waals surface area (Å²) in [5.41, 5.74) is 0.560. The van der Waals surface area contributed by atoms with Crippen LogP contribution in [0.4, 0.5) is 5.69 Å². The van der Waals surface area contributed by atoms with Crippen LogP contribution in [0.25, 0.3) is 0 Å².